The molecule has 1 aromatic rings. The summed E-state index contributed by atoms with van der Waals surface area (Å²) < 4.78 is 0. The van der Waals surface area contributed by atoms with Gasteiger partial charge in [-0.1, -0.05) is 0 Å². The Morgan fingerprint density at radius 1 is 1.44 bits per heavy atom. The van der Waals surface area contributed by atoms with Crippen LogP contribution >= 0.6 is 0 Å². The maximum atomic E-state index is 12.1. The number of pyridine rings is 1. The first-order valence-corrected chi connectivity index (χ1v) is 5.41. The highest BCUT2D eigenvalue weighted by atomic mass is 16.2. The second-order valence-corrected chi connectivity index (χ2v) is 3.93. The third-order valence-corrected chi connectivity index (χ3v) is 2.70. The van der Waals surface area contributed by atoms with Crippen molar-refractivity contribution < 1.29 is 4.79 Å². The molecule has 0 radical (unpaired) electrons. The second kappa shape index (κ2) is 4.49. The van der Waals surface area contributed by atoms with Crippen LogP contribution in [0.4, 0.5) is 5.82 Å². The molecule has 1 aliphatic heterocycles. The molecule has 1 saturated heterocycles. The number of piperazine rings is 1. The van der Waals surface area contributed by atoms with Crippen molar-refractivity contribution in [1.82, 2.24) is 15.2 Å². The van der Waals surface area contributed by atoms with Crippen molar-refractivity contribution in [3.05, 3.63) is 23.4 Å². The average Bonchev–Trinajstić information content (AvgIpc) is 2.29. The molecule has 0 unspecified atom stereocenters. The Kier molecular flexibility index (Phi) is 3.05. The number of rotatable bonds is 1. The topological polar surface area (TPSA) is 71.2 Å². The Morgan fingerprint density at radius 3 is 2.75 bits per heavy atom. The number of hydrogen-bond donors (Lipinski definition) is 2. The van der Waals surface area contributed by atoms with Gasteiger partial charge in [-0.25, -0.2) is 4.98 Å². The lowest BCUT2D eigenvalue weighted by atomic mass is 10.2. The predicted octanol–water partition coefficient (Wildman–Crippen LogP) is 0.0176. The first-order valence-electron chi connectivity index (χ1n) is 5.41. The van der Waals surface area contributed by atoms with E-state index in [0.29, 0.717) is 11.4 Å². The van der Waals surface area contributed by atoms with E-state index in [4.69, 9.17) is 5.73 Å². The lowest BCUT2D eigenvalue weighted by Gasteiger charge is -2.27. The zero-order valence-electron chi connectivity index (χ0n) is 9.36. The summed E-state index contributed by atoms with van der Waals surface area (Å²) in [5, 5.41) is 3.20. The number of nitrogens with one attached hydrogen (secondary N) is 1. The fraction of sp³-hybridized carbons (Fsp3) is 0.455. The molecule has 0 saturated carbocycles. The lowest BCUT2D eigenvalue weighted by molar-refractivity contribution is 0.0736. The van der Waals surface area contributed by atoms with Crippen LogP contribution in [0.2, 0.25) is 0 Å². The van der Waals surface area contributed by atoms with Crippen LogP contribution in [0, 0.1) is 6.92 Å². The highest BCUT2D eigenvalue weighted by molar-refractivity contribution is 5.98. The first kappa shape index (κ1) is 10.9. The maximum Gasteiger partial charge on any atom is 0.257 e. The van der Waals surface area contributed by atoms with Crippen LogP contribution in [0.3, 0.4) is 0 Å². The van der Waals surface area contributed by atoms with Crippen molar-refractivity contribution in [2.45, 2.75) is 6.92 Å². The molecular weight excluding hydrogens is 204 g/mol. The fourth-order valence-corrected chi connectivity index (χ4v) is 1.80. The van der Waals surface area contributed by atoms with Gasteiger partial charge >= 0.3 is 0 Å². The van der Waals surface area contributed by atoms with E-state index in [1.165, 1.54) is 0 Å². The summed E-state index contributed by atoms with van der Waals surface area (Å²) in [5.41, 5.74) is 7.09. The molecule has 3 N–H and O–H groups in total. The van der Waals surface area contributed by atoms with Crippen molar-refractivity contribution in [3.63, 3.8) is 0 Å². The van der Waals surface area contributed by atoms with Gasteiger partial charge in [0.2, 0.25) is 0 Å². The number of amides is 1. The molecule has 0 spiro atoms. The number of nitrogens with zero attached hydrogens (tertiary/aromatic N) is 2. The summed E-state index contributed by atoms with van der Waals surface area (Å²) in [5.74, 6) is 0.301. The van der Waals surface area contributed by atoms with Crippen LogP contribution in [0.25, 0.3) is 0 Å². The Hall–Kier alpha value is -1.62. The molecule has 0 aliphatic carbocycles. The number of nitrogen functional groups attached to an aromatic ring is 1. The lowest BCUT2D eigenvalue weighted by Crippen LogP contribution is -2.46. The van der Waals surface area contributed by atoms with Gasteiger partial charge in [0.25, 0.3) is 5.91 Å². The number of carbonyl (C=O) groups is 1. The molecule has 16 heavy (non-hydrogen) atoms. The molecule has 0 atom stereocenters. The Bertz CT molecular complexity index is 399. The smallest absolute Gasteiger partial charge is 0.257 e. The summed E-state index contributed by atoms with van der Waals surface area (Å²) >= 11 is 0. The minimum Gasteiger partial charge on any atom is -0.383 e. The first-order chi connectivity index (χ1) is 7.68. The van der Waals surface area contributed by atoms with Gasteiger partial charge in [-0.3, -0.25) is 4.79 Å². The molecule has 86 valence electrons. The van der Waals surface area contributed by atoms with Crippen molar-refractivity contribution in [2.24, 2.45) is 0 Å². The molecule has 2 rings (SSSR count). The third-order valence-electron chi connectivity index (χ3n) is 2.70. The highest BCUT2D eigenvalue weighted by Crippen LogP contribution is 2.13. The molecule has 5 nitrogen and oxygen atoms in total. The molecule has 1 fully saturated rings. The van der Waals surface area contributed by atoms with E-state index in [-0.39, 0.29) is 5.91 Å². The van der Waals surface area contributed by atoms with Crippen molar-refractivity contribution >= 4 is 11.7 Å². The Morgan fingerprint density at radius 2 is 2.12 bits per heavy atom. The number of aromatic nitrogens is 1. The van der Waals surface area contributed by atoms with Gasteiger partial charge in [0.05, 0.1) is 5.56 Å². The summed E-state index contributed by atoms with van der Waals surface area (Å²) in [6.07, 6.45) is 0. The van der Waals surface area contributed by atoms with E-state index in [9.17, 15) is 4.79 Å². The molecule has 1 aliphatic rings. The van der Waals surface area contributed by atoms with Gasteiger partial charge in [0.1, 0.15) is 5.82 Å². The average molecular weight is 220 g/mol. The largest absolute Gasteiger partial charge is 0.383 e. The van der Waals surface area contributed by atoms with Gasteiger partial charge in [-0.2, -0.15) is 0 Å². The summed E-state index contributed by atoms with van der Waals surface area (Å²) in [7, 11) is 0. The van der Waals surface area contributed by atoms with Crippen LogP contribution in [-0.4, -0.2) is 42.0 Å². The summed E-state index contributed by atoms with van der Waals surface area (Å²) in [6.45, 7) is 4.99. The second-order valence-electron chi connectivity index (χ2n) is 3.93. The summed E-state index contributed by atoms with van der Waals surface area (Å²) in [6, 6.07) is 3.56. The Labute approximate surface area is 94.6 Å². The van der Waals surface area contributed by atoms with E-state index in [2.05, 4.69) is 10.3 Å². The van der Waals surface area contributed by atoms with E-state index in [0.717, 1.165) is 31.9 Å². The van der Waals surface area contributed by atoms with Gasteiger partial charge in [-0.05, 0) is 19.1 Å². The minimum atomic E-state index is -0.0218. The quantitative estimate of drug-likeness (QED) is 0.700. The van der Waals surface area contributed by atoms with Crippen LogP contribution in [0.5, 0.6) is 0 Å². The monoisotopic (exact) mass is 220 g/mol. The molecule has 5 heteroatoms. The van der Waals surface area contributed by atoms with Gasteiger partial charge < -0.3 is 16.0 Å². The zero-order chi connectivity index (χ0) is 11.5. The molecule has 2 heterocycles. The normalized spacial score (nSPS) is 16.2. The minimum absolute atomic E-state index is 0.0218. The molecule has 0 bridgehead atoms. The number of anilines is 1. The maximum absolute atomic E-state index is 12.1. The molecule has 1 amide bonds. The van der Waals surface area contributed by atoms with Crippen molar-refractivity contribution in [2.75, 3.05) is 31.9 Å². The highest BCUT2D eigenvalue weighted by Gasteiger charge is 2.20. The van der Waals surface area contributed by atoms with E-state index < -0.39 is 0 Å². The Balaban J connectivity index is 2.19. The number of aryl methyl sites for hydroxylation is 1. The van der Waals surface area contributed by atoms with E-state index >= 15 is 0 Å². The summed E-state index contributed by atoms with van der Waals surface area (Å²) in [4.78, 5) is 18.0. The van der Waals surface area contributed by atoms with Crippen LogP contribution in [0.1, 0.15) is 16.1 Å². The van der Waals surface area contributed by atoms with E-state index in [1.54, 1.807) is 11.0 Å². The number of hydrogen-bond acceptors (Lipinski definition) is 4. The van der Waals surface area contributed by atoms with Crippen molar-refractivity contribution in [3.8, 4) is 0 Å². The molecular formula is C11H16N4O. The number of carbonyl (C=O) groups excluding carboxylic acids is 1. The zero-order valence-corrected chi connectivity index (χ0v) is 9.36. The standard InChI is InChI=1S/C11H16N4O/c1-8-2-3-9(10(12)14-8)11(16)15-6-4-13-5-7-15/h2-3,13H,4-7H2,1H3,(H2,12,14). The number of nitrogens with two attached hydrogens (primary N) is 1. The van der Waals surface area contributed by atoms with Gasteiger partial charge in [0, 0.05) is 31.9 Å². The van der Waals surface area contributed by atoms with Gasteiger partial charge in [-0.15, -0.1) is 0 Å². The SMILES string of the molecule is Cc1ccc(C(=O)N2CCNCC2)c(N)n1. The van der Waals surface area contributed by atoms with Gasteiger partial charge in [0.15, 0.2) is 0 Å². The van der Waals surface area contributed by atoms with Crippen LogP contribution in [0.15, 0.2) is 12.1 Å². The van der Waals surface area contributed by atoms with Crippen LogP contribution in [-0.2, 0) is 0 Å². The molecule has 0 aromatic carbocycles. The predicted molar refractivity (Wildman–Crippen MR) is 62.2 cm³/mol. The van der Waals surface area contributed by atoms with E-state index in [1.807, 2.05) is 13.0 Å². The fourth-order valence-electron chi connectivity index (χ4n) is 1.80. The van der Waals surface area contributed by atoms with Crippen LogP contribution < -0.4 is 11.1 Å². The third kappa shape index (κ3) is 2.14. The molecule has 1 aromatic heterocycles. The van der Waals surface area contributed by atoms with Crippen molar-refractivity contribution in [1.29, 1.82) is 0 Å².